The van der Waals surface area contributed by atoms with E-state index in [0.29, 0.717) is 6.42 Å². The van der Waals surface area contributed by atoms with E-state index in [1.807, 2.05) is 0 Å². The van der Waals surface area contributed by atoms with Gasteiger partial charge >= 0.3 is 13.8 Å². The van der Waals surface area contributed by atoms with Gasteiger partial charge in [-0.05, 0) is 13.3 Å². The van der Waals surface area contributed by atoms with Crippen molar-refractivity contribution >= 4 is 13.8 Å². The molecule has 1 atom stereocenters. The topological polar surface area (TPSA) is 72.8 Å². The molecule has 0 saturated carbocycles. The highest BCUT2D eigenvalue weighted by Gasteiger charge is 2.25. The van der Waals surface area contributed by atoms with Crippen molar-refractivity contribution in [1.29, 1.82) is 0 Å². The number of carbonyl (C=O) groups excluding carboxylic acids is 1. The molecule has 0 radical (unpaired) electrons. The zero-order valence-corrected chi connectivity index (χ0v) is 13.5. The van der Waals surface area contributed by atoms with Crippen molar-refractivity contribution in [2.75, 3.05) is 6.61 Å². The van der Waals surface area contributed by atoms with E-state index in [2.05, 4.69) is 18.0 Å². The molecule has 0 aromatic heterocycles. The average Bonchev–Trinajstić information content (AvgIpc) is 2.36. The number of phosphoric ester groups is 1. The van der Waals surface area contributed by atoms with Gasteiger partial charge in [-0.25, -0.2) is 9.36 Å². The van der Waals surface area contributed by atoms with Crippen molar-refractivity contribution < 1.29 is 23.3 Å². The fraction of sp³-hybridized carbons (Fsp3) is 0.786. The van der Waals surface area contributed by atoms with Crippen LogP contribution in [-0.4, -0.2) is 17.5 Å². The Morgan fingerprint density at radius 1 is 1.10 bits per heavy atom. The monoisotopic (exact) mass is 306 g/mol. The second kappa shape index (κ2) is 11.1. The van der Waals surface area contributed by atoms with Crippen LogP contribution < -0.4 is 0 Å². The highest BCUT2D eigenvalue weighted by Crippen LogP contribution is 2.43. The number of unbranched alkanes of at least 4 members (excludes halogenated alkanes) is 7. The minimum atomic E-state index is -4.28. The van der Waals surface area contributed by atoms with E-state index in [1.165, 1.54) is 39.0 Å². The van der Waals surface area contributed by atoms with Crippen LogP contribution in [0.5, 0.6) is 0 Å². The molecule has 0 bridgehead atoms. The summed E-state index contributed by atoms with van der Waals surface area (Å²) in [6, 6.07) is 0. The first-order valence-corrected chi connectivity index (χ1v) is 8.75. The third-order valence-corrected chi connectivity index (χ3v) is 3.70. The van der Waals surface area contributed by atoms with Crippen LogP contribution in [-0.2, 0) is 18.4 Å². The van der Waals surface area contributed by atoms with Crippen LogP contribution in [0.3, 0.4) is 0 Å². The summed E-state index contributed by atoms with van der Waals surface area (Å²) in [7, 11) is -4.28. The van der Waals surface area contributed by atoms with Crippen LogP contribution in [0, 0.1) is 0 Å². The van der Waals surface area contributed by atoms with Crippen LogP contribution in [0.4, 0.5) is 0 Å². The first-order valence-electron chi connectivity index (χ1n) is 7.26. The maximum Gasteiger partial charge on any atom is 0.529 e. The van der Waals surface area contributed by atoms with Crippen molar-refractivity contribution in [2.24, 2.45) is 0 Å². The number of rotatable bonds is 12. The number of hydrogen-bond donors (Lipinski definition) is 1. The largest absolute Gasteiger partial charge is 0.529 e. The molecule has 0 saturated heterocycles. The number of hydrogen-bond acceptors (Lipinski definition) is 4. The molecule has 1 N–H and O–H groups in total. The summed E-state index contributed by atoms with van der Waals surface area (Å²) in [5.74, 6) is -0.910. The van der Waals surface area contributed by atoms with E-state index in [4.69, 9.17) is 4.52 Å². The van der Waals surface area contributed by atoms with Gasteiger partial charge < -0.3 is 4.52 Å². The third kappa shape index (κ3) is 11.2. The third-order valence-electron chi connectivity index (χ3n) is 2.80. The molecule has 1 unspecified atom stereocenters. The Morgan fingerprint density at radius 2 is 1.60 bits per heavy atom. The van der Waals surface area contributed by atoms with Crippen molar-refractivity contribution in [3.8, 4) is 0 Å². The number of phosphoric acid groups is 1. The molecule has 0 amide bonds. The lowest BCUT2D eigenvalue weighted by Gasteiger charge is -2.11. The maximum atomic E-state index is 11.4. The molecule has 0 rings (SSSR count). The molecule has 0 aliphatic heterocycles. The zero-order chi connectivity index (χ0) is 15.4. The van der Waals surface area contributed by atoms with E-state index >= 15 is 0 Å². The molecule has 5 nitrogen and oxygen atoms in total. The van der Waals surface area contributed by atoms with Gasteiger partial charge in [-0.15, -0.1) is 0 Å². The summed E-state index contributed by atoms with van der Waals surface area (Å²) in [4.78, 5) is 20.4. The summed E-state index contributed by atoms with van der Waals surface area (Å²) < 4.78 is 20.4. The first kappa shape index (κ1) is 19.4. The molecule has 0 heterocycles. The van der Waals surface area contributed by atoms with Gasteiger partial charge in [-0.1, -0.05) is 58.4 Å². The Kier molecular flexibility index (Phi) is 10.7. The van der Waals surface area contributed by atoms with E-state index in [9.17, 15) is 14.3 Å². The Hall–Kier alpha value is -0.640. The zero-order valence-electron chi connectivity index (χ0n) is 12.6. The first-order chi connectivity index (χ1) is 9.39. The minimum absolute atomic E-state index is 0.0648. The van der Waals surface area contributed by atoms with Gasteiger partial charge in [0.25, 0.3) is 0 Å². The van der Waals surface area contributed by atoms with Crippen LogP contribution >= 0.6 is 7.82 Å². The lowest BCUT2D eigenvalue weighted by Crippen LogP contribution is -2.05. The van der Waals surface area contributed by atoms with Gasteiger partial charge in [0, 0.05) is 5.57 Å². The predicted octanol–water partition coefficient (Wildman–Crippen LogP) is 4.36. The van der Waals surface area contributed by atoms with Gasteiger partial charge in [0.05, 0.1) is 6.61 Å². The summed E-state index contributed by atoms with van der Waals surface area (Å²) in [6.07, 6.45) is 8.94. The summed E-state index contributed by atoms with van der Waals surface area (Å²) >= 11 is 0. The van der Waals surface area contributed by atoms with Gasteiger partial charge in [0.1, 0.15) is 0 Å². The number of carbonyl (C=O) groups is 1. The lowest BCUT2D eigenvalue weighted by molar-refractivity contribution is -0.131. The van der Waals surface area contributed by atoms with Gasteiger partial charge in [0.15, 0.2) is 0 Å². The summed E-state index contributed by atoms with van der Waals surface area (Å²) in [6.45, 7) is 7.03. The molecule has 0 aliphatic rings. The Labute approximate surface area is 122 Å². The molecular weight excluding hydrogens is 279 g/mol. The molecule has 0 aliphatic carbocycles. The van der Waals surface area contributed by atoms with E-state index in [1.54, 1.807) is 0 Å². The second-order valence-electron chi connectivity index (χ2n) is 4.94. The molecule has 20 heavy (non-hydrogen) atoms. The standard InChI is InChI=1S/C14H27O5P/c1-4-5-6-7-8-9-10-11-12-18-20(16,17)19-14(15)13(2)3/h2,4-12H2,1,3H3,(H,16,17). The Morgan fingerprint density at radius 3 is 2.10 bits per heavy atom. The fourth-order valence-corrected chi connectivity index (χ4v) is 2.40. The molecule has 0 spiro atoms. The lowest BCUT2D eigenvalue weighted by atomic mass is 10.1. The summed E-state index contributed by atoms with van der Waals surface area (Å²) in [5, 5.41) is 0. The van der Waals surface area contributed by atoms with Crippen LogP contribution in [0.15, 0.2) is 12.2 Å². The predicted molar refractivity (Wildman–Crippen MR) is 79.3 cm³/mol. The molecular formula is C14H27O5P. The van der Waals surface area contributed by atoms with Crippen LogP contribution in [0.25, 0.3) is 0 Å². The Bertz CT molecular complexity index is 340. The van der Waals surface area contributed by atoms with Crippen molar-refractivity contribution in [2.45, 2.75) is 65.2 Å². The summed E-state index contributed by atoms with van der Waals surface area (Å²) in [5.41, 5.74) is 0.0648. The van der Waals surface area contributed by atoms with Crippen LogP contribution in [0.2, 0.25) is 0 Å². The fourth-order valence-electron chi connectivity index (χ4n) is 1.62. The molecule has 0 aromatic rings. The smallest absolute Gasteiger partial charge is 0.367 e. The Balaban J connectivity index is 3.56. The SMILES string of the molecule is C=C(C)C(=O)OP(=O)(O)OCCCCCCCCCC. The van der Waals surface area contributed by atoms with Crippen molar-refractivity contribution in [3.63, 3.8) is 0 Å². The van der Waals surface area contributed by atoms with E-state index in [0.717, 1.165) is 12.8 Å². The molecule has 0 fully saturated rings. The second-order valence-corrected chi connectivity index (χ2v) is 6.31. The van der Waals surface area contributed by atoms with Gasteiger partial charge in [0.2, 0.25) is 0 Å². The molecule has 118 valence electrons. The highest BCUT2D eigenvalue weighted by atomic mass is 31.2. The minimum Gasteiger partial charge on any atom is -0.367 e. The molecule has 6 heteroatoms. The van der Waals surface area contributed by atoms with Crippen LogP contribution in [0.1, 0.15) is 65.2 Å². The van der Waals surface area contributed by atoms with Crippen molar-refractivity contribution in [3.05, 3.63) is 12.2 Å². The molecule has 0 aromatic carbocycles. The van der Waals surface area contributed by atoms with Gasteiger partial charge in [-0.2, -0.15) is 0 Å². The van der Waals surface area contributed by atoms with Gasteiger partial charge in [-0.3, -0.25) is 9.42 Å². The normalized spacial score (nSPS) is 13.8. The maximum absolute atomic E-state index is 11.4. The highest BCUT2D eigenvalue weighted by molar-refractivity contribution is 7.48. The van der Waals surface area contributed by atoms with E-state index < -0.39 is 13.8 Å². The van der Waals surface area contributed by atoms with Crippen molar-refractivity contribution in [1.82, 2.24) is 0 Å². The average molecular weight is 306 g/mol. The quantitative estimate of drug-likeness (QED) is 0.329. The van der Waals surface area contributed by atoms with E-state index in [-0.39, 0.29) is 12.2 Å².